The Morgan fingerprint density at radius 2 is 1.77 bits per heavy atom. The number of amides is 3. The van der Waals surface area contributed by atoms with Gasteiger partial charge in [-0.2, -0.15) is 0 Å². The van der Waals surface area contributed by atoms with E-state index in [0.29, 0.717) is 57.5 Å². The number of thiophene rings is 1. The van der Waals surface area contributed by atoms with E-state index >= 15 is 0 Å². The third-order valence-electron chi connectivity index (χ3n) is 8.11. The molecule has 0 radical (unpaired) electrons. The number of methoxy groups -OCH3 is 2. The molecular formula is C35H34N4O7S. The number of benzene rings is 3. The maximum Gasteiger partial charge on any atom is 0.348 e. The number of aliphatic imine (C=N–C) groups is 1. The maximum absolute atomic E-state index is 13.2. The minimum Gasteiger partial charge on any atom is -0.493 e. The van der Waals surface area contributed by atoms with E-state index in [-0.39, 0.29) is 36.8 Å². The van der Waals surface area contributed by atoms with Gasteiger partial charge in [-0.1, -0.05) is 0 Å². The van der Waals surface area contributed by atoms with Crippen LogP contribution in [0, 0.1) is 0 Å². The number of rotatable bonds is 10. The van der Waals surface area contributed by atoms with Gasteiger partial charge in [-0.05, 0) is 85.7 Å². The number of piperidine rings is 1. The van der Waals surface area contributed by atoms with Gasteiger partial charge >= 0.3 is 5.97 Å². The van der Waals surface area contributed by atoms with Crippen molar-refractivity contribution in [3.05, 3.63) is 76.7 Å². The number of anilines is 2. The smallest absolute Gasteiger partial charge is 0.348 e. The summed E-state index contributed by atoms with van der Waals surface area (Å²) in [7, 11) is 2.86. The number of hydrogen-bond acceptors (Lipinski definition) is 9. The molecule has 3 heterocycles. The van der Waals surface area contributed by atoms with Crippen molar-refractivity contribution in [2.24, 2.45) is 4.99 Å². The van der Waals surface area contributed by atoms with Crippen molar-refractivity contribution in [1.29, 1.82) is 0 Å². The molecule has 11 nitrogen and oxygen atoms in total. The molecule has 242 valence electrons. The van der Waals surface area contributed by atoms with Crippen molar-refractivity contribution in [2.75, 3.05) is 38.0 Å². The maximum atomic E-state index is 13.2. The Hall–Kier alpha value is -5.23. The lowest BCUT2D eigenvalue weighted by atomic mass is 10.0. The highest BCUT2D eigenvalue weighted by Crippen LogP contribution is 2.38. The van der Waals surface area contributed by atoms with E-state index in [1.54, 1.807) is 54.6 Å². The lowest BCUT2D eigenvalue weighted by Gasteiger charge is -2.32. The number of carbonyl (C=O) groups excluding carboxylic acids is 4. The summed E-state index contributed by atoms with van der Waals surface area (Å²) in [6, 6.07) is 17.2. The summed E-state index contributed by atoms with van der Waals surface area (Å²) >= 11 is 1.32. The molecule has 47 heavy (non-hydrogen) atoms. The number of hydrogen-bond donors (Lipinski definition) is 2. The first kappa shape index (κ1) is 31.7. The lowest BCUT2D eigenvalue weighted by Crippen LogP contribution is -2.43. The monoisotopic (exact) mass is 654 g/mol. The molecule has 0 bridgehead atoms. The fraction of sp³-hybridized carbons (Fsp3) is 0.286. The molecule has 0 spiro atoms. The lowest BCUT2D eigenvalue weighted by molar-refractivity contribution is -0.116. The summed E-state index contributed by atoms with van der Waals surface area (Å²) in [6.07, 6.45) is 5.46. The van der Waals surface area contributed by atoms with Crippen LogP contribution in [0.3, 0.4) is 0 Å². The Morgan fingerprint density at radius 3 is 2.55 bits per heavy atom. The molecule has 6 rings (SSSR count). The molecule has 1 fully saturated rings. The fourth-order valence-corrected chi connectivity index (χ4v) is 6.62. The average molecular weight is 655 g/mol. The normalized spacial score (nSPS) is 15.3. The molecular weight excluding hydrogens is 620 g/mol. The van der Waals surface area contributed by atoms with Crippen LogP contribution in [-0.2, 0) is 9.53 Å². The van der Waals surface area contributed by atoms with E-state index in [4.69, 9.17) is 14.2 Å². The second-order valence-electron chi connectivity index (χ2n) is 11.2. The first-order valence-corrected chi connectivity index (χ1v) is 16.2. The van der Waals surface area contributed by atoms with E-state index in [1.807, 2.05) is 17.2 Å². The highest BCUT2D eigenvalue weighted by atomic mass is 32.1. The largest absolute Gasteiger partial charge is 0.493 e. The Labute approximate surface area is 275 Å². The van der Waals surface area contributed by atoms with Crippen molar-refractivity contribution < 1.29 is 33.4 Å². The number of fused-ring (bicyclic) bond motifs is 3. The number of ether oxygens (including phenoxy) is 3. The molecule has 3 amide bonds. The van der Waals surface area contributed by atoms with Crippen LogP contribution in [0.2, 0.25) is 0 Å². The number of carbonyl (C=O) groups is 4. The van der Waals surface area contributed by atoms with E-state index in [9.17, 15) is 19.2 Å². The summed E-state index contributed by atoms with van der Waals surface area (Å²) in [5.41, 5.74) is 2.63. The Morgan fingerprint density at radius 1 is 0.957 bits per heavy atom. The Bertz CT molecular complexity index is 1870. The second-order valence-corrected chi connectivity index (χ2v) is 12.3. The van der Waals surface area contributed by atoms with E-state index < -0.39 is 5.97 Å². The van der Waals surface area contributed by atoms with Crippen LogP contribution in [0.1, 0.15) is 62.5 Å². The molecule has 2 aliphatic rings. The highest BCUT2D eigenvalue weighted by molar-refractivity contribution is 7.20. The van der Waals surface area contributed by atoms with Gasteiger partial charge in [0.15, 0.2) is 11.5 Å². The third-order valence-corrected chi connectivity index (χ3v) is 9.20. The zero-order valence-electron chi connectivity index (χ0n) is 26.0. The number of nitrogens with one attached hydrogen (secondary N) is 2. The molecule has 1 atom stereocenters. The summed E-state index contributed by atoms with van der Waals surface area (Å²) < 4.78 is 17.2. The Balaban J connectivity index is 0.992. The molecule has 2 aliphatic heterocycles. The quantitative estimate of drug-likeness (QED) is 0.148. The minimum atomic E-state index is -0.399. The van der Waals surface area contributed by atoms with Crippen LogP contribution in [0.25, 0.3) is 10.1 Å². The van der Waals surface area contributed by atoms with Crippen molar-refractivity contribution >= 4 is 68.4 Å². The van der Waals surface area contributed by atoms with Crippen LogP contribution >= 0.6 is 11.3 Å². The number of nitrogens with zero attached hydrogens (tertiary/aromatic N) is 2. The van der Waals surface area contributed by atoms with Crippen molar-refractivity contribution in [2.45, 2.75) is 38.1 Å². The summed E-state index contributed by atoms with van der Waals surface area (Å²) in [5.74, 6) is -0.0410. The molecule has 3 aromatic carbocycles. The summed E-state index contributed by atoms with van der Waals surface area (Å²) in [6.45, 7) is 0.974. The summed E-state index contributed by atoms with van der Waals surface area (Å²) in [5, 5.41) is 6.54. The van der Waals surface area contributed by atoms with E-state index in [1.165, 1.54) is 25.6 Å². The predicted octanol–water partition coefficient (Wildman–Crippen LogP) is 6.46. The molecule has 0 aliphatic carbocycles. The minimum absolute atomic E-state index is 0.00307. The molecule has 12 heteroatoms. The first-order valence-electron chi connectivity index (χ1n) is 15.4. The standard InChI is InChI=1S/C35H34N4O7S/c1-44-28-18-26-27(36-20-25-6-3-4-14-39(25)34(26)42)19-29(28)46-15-5-7-32(40)37-23-10-8-21(9-11-23)33(41)38-24-12-13-30-22(16-24)17-31(47-30)35(43)45-2/h8-13,16-20,25H,3-7,14-15H2,1-2H3,(H,37,40)(H,38,41)/t25-/m0/s1. The predicted molar refractivity (Wildman–Crippen MR) is 181 cm³/mol. The number of esters is 1. The molecule has 0 saturated carbocycles. The van der Waals surface area contributed by atoms with Gasteiger partial charge in [0.2, 0.25) is 5.91 Å². The SMILES string of the molecule is COC(=O)c1cc2cc(NC(=O)c3ccc(NC(=O)CCCOc4cc5c(cc4OC)C(=O)N4CCCC[C@H]4C=N5)cc3)ccc2s1. The van der Waals surface area contributed by atoms with Crippen LogP contribution in [0.5, 0.6) is 11.5 Å². The zero-order valence-corrected chi connectivity index (χ0v) is 26.9. The topological polar surface area (TPSA) is 136 Å². The van der Waals surface area contributed by atoms with Gasteiger partial charge in [0.25, 0.3) is 11.8 Å². The van der Waals surface area contributed by atoms with Gasteiger partial charge in [0.05, 0.1) is 38.1 Å². The second kappa shape index (κ2) is 14.0. The third kappa shape index (κ3) is 7.12. The molecule has 2 N–H and O–H groups in total. The van der Waals surface area contributed by atoms with Gasteiger partial charge in [-0.3, -0.25) is 19.4 Å². The van der Waals surface area contributed by atoms with Gasteiger partial charge < -0.3 is 29.7 Å². The van der Waals surface area contributed by atoms with Gasteiger partial charge in [0, 0.05) is 46.9 Å². The molecule has 1 aromatic heterocycles. The van der Waals surface area contributed by atoms with Crippen LogP contribution in [0.15, 0.2) is 65.7 Å². The van der Waals surface area contributed by atoms with Gasteiger partial charge in [-0.25, -0.2) is 4.79 Å². The summed E-state index contributed by atoms with van der Waals surface area (Å²) in [4.78, 5) is 57.4. The fourth-order valence-electron chi connectivity index (χ4n) is 5.65. The molecule has 0 unspecified atom stereocenters. The van der Waals surface area contributed by atoms with E-state index in [2.05, 4.69) is 15.6 Å². The van der Waals surface area contributed by atoms with Crippen LogP contribution < -0.4 is 20.1 Å². The van der Waals surface area contributed by atoms with Crippen LogP contribution in [-0.4, -0.2) is 68.2 Å². The molecule has 1 saturated heterocycles. The van der Waals surface area contributed by atoms with Gasteiger partial charge in [-0.15, -0.1) is 11.3 Å². The average Bonchev–Trinajstić information content (AvgIpc) is 3.46. The van der Waals surface area contributed by atoms with Gasteiger partial charge in [0.1, 0.15) is 4.88 Å². The van der Waals surface area contributed by atoms with E-state index in [0.717, 1.165) is 29.3 Å². The van der Waals surface area contributed by atoms with Crippen LogP contribution in [0.4, 0.5) is 17.1 Å². The van der Waals surface area contributed by atoms with Crippen molar-refractivity contribution in [3.63, 3.8) is 0 Å². The highest BCUT2D eigenvalue weighted by Gasteiger charge is 2.31. The van der Waals surface area contributed by atoms with Crippen molar-refractivity contribution in [1.82, 2.24) is 4.90 Å². The molecule has 4 aromatic rings. The first-order chi connectivity index (χ1) is 22.8. The van der Waals surface area contributed by atoms with Crippen molar-refractivity contribution in [3.8, 4) is 11.5 Å². The Kier molecular flexibility index (Phi) is 9.48. The zero-order chi connectivity index (χ0) is 32.9.